The molecule has 0 aliphatic heterocycles. The maximum Gasteiger partial charge on any atom is 0.336 e. The molecule has 1 rings (SSSR count). The van der Waals surface area contributed by atoms with Crippen LogP contribution in [0.15, 0.2) is 18.2 Å². The first-order valence-electron chi connectivity index (χ1n) is 5.37. The summed E-state index contributed by atoms with van der Waals surface area (Å²) < 4.78 is 0. The van der Waals surface area contributed by atoms with Crippen molar-refractivity contribution in [3.8, 4) is 0 Å². The molecule has 1 aromatic rings. The number of carboxylic acid groups (broad SMARTS) is 2. The number of benzene rings is 1. The summed E-state index contributed by atoms with van der Waals surface area (Å²) in [5, 5.41) is 21.0. The molecule has 3 N–H and O–H groups in total. The molecule has 0 saturated heterocycles. The Morgan fingerprint density at radius 3 is 2.12 bits per heavy atom. The molecule has 5 heteroatoms. The quantitative estimate of drug-likeness (QED) is 0.654. The van der Waals surface area contributed by atoms with Crippen LogP contribution in [0.2, 0.25) is 0 Å². The van der Waals surface area contributed by atoms with E-state index in [1.54, 1.807) is 0 Å². The van der Waals surface area contributed by atoms with Crippen molar-refractivity contribution in [2.24, 2.45) is 0 Å². The van der Waals surface area contributed by atoms with Crippen LogP contribution in [-0.2, 0) is 6.54 Å². The van der Waals surface area contributed by atoms with E-state index in [9.17, 15) is 9.59 Å². The standard InChI is InChI=1S/C12H15NO4/c1-2-6-13-7-10-8(11(14)15)4-3-5-9(10)12(16)17/h3-5,13H,2,6-7H2,1H3,(H,14,15)(H,16,17). The van der Waals surface area contributed by atoms with Crippen LogP contribution in [0.5, 0.6) is 0 Å². The van der Waals surface area contributed by atoms with E-state index in [0.29, 0.717) is 12.1 Å². The number of carbonyl (C=O) groups is 2. The van der Waals surface area contributed by atoms with Crippen molar-refractivity contribution < 1.29 is 19.8 Å². The van der Waals surface area contributed by atoms with Crippen LogP contribution in [0.1, 0.15) is 39.6 Å². The van der Waals surface area contributed by atoms with Gasteiger partial charge in [-0.2, -0.15) is 0 Å². The lowest BCUT2D eigenvalue weighted by Crippen LogP contribution is -2.19. The first-order chi connectivity index (χ1) is 8.07. The Bertz CT molecular complexity index is 396. The van der Waals surface area contributed by atoms with Gasteiger partial charge in [0.05, 0.1) is 11.1 Å². The van der Waals surface area contributed by atoms with Gasteiger partial charge in [0.25, 0.3) is 0 Å². The SMILES string of the molecule is CCCNCc1c(C(=O)O)cccc1C(=O)O. The van der Waals surface area contributed by atoms with Crippen LogP contribution in [0, 0.1) is 0 Å². The minimum absolute atomic E-state index is 0.0357. The lowest BCUT2D eigenvalue weighted by atomic mass is 10.0. The molecule has 92 valence electrons. The molecule has 0 spiro atoms. The van der Waals surface area contributed by atoms with E-state index in [1.807, 2.05) is 6.92 Å². The van der Waals surface area contributed by atoms with Crippen LogP contribution in [0.25, 0.3) is 0 Å². The monoisotopic (exact) mass is 237 g/mol. The van der Waals surface area contributed by atoms with Crippen molar-refractivity contribution in [3.63, 3.8) is 0 Å². The Morgan fingerprint density at radius 1 is 1.18 bits per heavy atom. The van der Waals surface area contributed by atoms with E-state index in [4.69, 9.17) is 10.2 Å². The lowest BCUT2D eigenvalue weighted by molar-refractivity contribution is 0.0695. The first-order valence-corrected chi connectivity index (χ1v) is 5.37. The number of aromatic carboxylic acids is 2. The summed E-state index contributed by atoms with van der Waals surface area (Å²) >= 11 is 0. The van der Waals surface area contributed by atoms with Crippen LogP contribution in [-0.4, -0.2) is 28.7 Å². The number of carboxylic acids is 2. The second-order valence-electron chi connectivity index (χ2n) is 3.62. The highest BCUT2D eigenvalue weighted by molar-refractivity contribution is 5.96. The molecular weight excluding hydrogens is 222 g/mol. The van der Waals surface area contributed by atoms with E-state index in [1.165, 1.54) is 18.2 Å². The van der Waals surface area contributed by atoms with Gasteiger partial charge in [-0.3, -0.25) is 0 Å². The van der Waals surface area contributed by atoms with Crippen molar-refractivity contribution in [3.05, 3.63) is 34.9 Å². The zero-order valence-corrected chi connectivity index (χ0v) is 9.56. The van der Waals surface area contributed by atoms with Crippen molar-refractivity contribution in [2.75, 3.05) is 6.54 Å². The maximum atomic E-state index is 11.0. The van der Waals surface area contributed by atoms with Gasteiger partial charge in [0.15, 0.2) is 0 Å². The smallest absolute Gasteiger partial charge is 0.336 e. The van der Waals surface area contributed by atoms with E-state index < -0.39 is 11.9 Å². The van der Waals surface area contributed by atoms with Gasteiger partial charge in [0.1, 0.15) is 0 Å². The molecule has 0 fully saturated rings. The van der Waals surface area contributed by atoms with Gasteiger partial charge in [-0.1, -0.05) is 13.0 Å². The molecule has 5 nitrogen and oxygen atoms in total. The van der Waals surface area contributed by atoms with Crippen molar-refractivity contribution >= 4 is 11.9 Å². The molecule has 1 aromatic carbocycles. The second kappa shape index (κ2) is 6.00. The fourth-order valence-electron chi connectivity index (χ4n) is 1.57. The molecule has 0 aromatic heterocycles. The molecule has 0 aliphatic rings. The first kappa shape index (κ1) is 13.2. The Hall–Kier alpha value is -1.88. The summed E-state index contributed by atoms with van der Waals surface area (Å²) in [4.78, 5) is 22.0. The predicted octanol–water partition coefficient (Wildman–Crippen LogP) is 1.58. The number of nitrogens with one attached hydrogen (secondary N) is 1. The van der Waals surface area contributed by atoms with E-state index in [0.717, 1.165) is 6.42 Å². The molecule has 0 amide bonds. The Morgan fingerprint density at radius 2 is 1.71 bits per heavy atom. The Kier molecular flexibility index (Phi) is 4.66. The number of hydrogen-bond acceptors (Lipinski definition) is 3. The highest BCUT2D eigenvalue weighted by Crippen LogP contribution is 2.15. The third kappa shape index (κ3) is 3.29. The van der Waals surface area contributed by atoms with Crippen molar-refractivity contribution in [2.45, 2.75) is 19.9 Å². The molecule has 0 unspecified atom stereocenters. The van der Waals surface area contributed by atoms with Crippen LogP contribution < -0.4 is 5.32 Å². The van der Waals surface area contributed by atoms with Crippen LogP contribution in [0.4, 0.5) is 0 Å². The lowest BCUT2D eigenvalue weighted by Gasteiger charge is -2.10. The summed E-state index contributed by atoms with van der Waals surface area (Å²) in [7, 11) is 0. The maximum absolute atomic E-state index is 11.0. The molecular formula is C12H15NO4. The average Bonchev–Trinajstić information content (AvgIpc) is 2.28. The van der Waals surface area contributed by atoms with Gasteiger partial charge in [-0.15, -0.1) is 0 Å². The molecule has 0 heterocycles. The summed E-state index contributed by atoms with van der Waals surface area (Å²) in [6.45, 7) is 2.94. The van der Waals surface area contributed by atoms with E-state index in [2.05, 4.69) is 5.32 Å². The number of hydrogen-bond donors (Lipinski definition) is 3. The van der Waals surface area contributed by atoms with Crippen molar-refractivity contribution in [1.29, 1.82) is 0 Å². The Balaban J connectivity index is 3.10. The fourth-order valence-corrected chi connectivity index (χ4v) is 1.57. The van der Waals surface area contributed by atoms with Gasteiger partial charge in [0, 0.05) is 6.54 Å². The van der Waals surface area contributed by atoms with Crippen molar-refractivity contribution in [1.82, 2.24) is 5.32 Å². The summed E-state index contributed by atoms with van der Waals surface area (Å²) in [6, 6.07) is 4.27. The molecule has 0 bridgehead atoms. The molecule has 0 saturated carbocycles. The van der Waals surface area contributed by atoms with Crippen LogP contribution >= 0.6 is 0 Å². The van der Waals surface area contributed by atoms with E-state index >= 15 is 0 Å². The van der Waals surface area contributed by atoms with Gasteiger partial charge in [-0.05, 0) is 30.7 Å². The third-order valence-electron chi connectivity index (χ3n) is 2.37. The highest BCUT2D eigenvalue weighted by atomic mass is 16.4. The topological polar surface area (TPSA) is 86.6 Å². The van der Waals surface area contributed by atoms with Gasteiger partial charge in [-0.25, -0.2) is 9.59 Å². The largest absolute Gasteiger partial charge is 0.478 e. The fraction of sp³-hybridized carbons (Fsp3) is 0.333. The van der Waals surface area contributed by atoms with Gasteiger partial charge >= 0.3 is 11.9 Å². The van der Waals surface area contributed by atoms with Gasteiger partial charge < -0.3 is 15.5 Å². The number of rotatable bonds is 6. The minimum atomic E-state index is -1.11. The van der Waals surface area contributed by atoms with Crippen LogP contribution in [0.3, 0.4) is 0 Å². The minimum Gasteiger partial charge on any atom is -0.478 e. The third-order valence-corrected chi connectivity index (χ3v) is 2.37. The molecule has 17 heavy (non-hydrogen) atoms. The van der Waals surface area contributed by atoms with Gasteiger partial charge in [0.2, 0.25) is 0 Å². The van der Waals surface area contributed by atoms with E-state index in [-0.39, 0.29) is 17.7 Å². The second-order valence-corrected chi connectivity index (χ2v) is 3.62. The average molecular weight is 237 g/mol. The summed E-state index contributed by atoms with van der Waals surface area (Å²) in [5.41, 5.74) is 0.392. The molecule has 0 atom stereocenters. The zero-order valence-electron chi connectivity index (χ0n) is 9.56. The normalized spacial score (nSPS) is 10.2. The predicted molar refractivity (Wildman–Crippen MR) is 62.4 cm³/mol. The Labute approximate surface area is 99.1 Å². The summed E-state index contributed by atoms with van der Waals surface area (Å²) in [5.74, 6) is -2.22. The molecule has 0 aliphatic carbocycles. The molecule has 0 radical (unpaired) electrons. The summed E-state index contributed by atoms with van der Waals surface area (Å²) in [6.07, 6.45) is 0.900. The zero-order chi connectivity index (χ0) is 12.8. The highest BCUT2D eigenvalue weighted by Gasteiger charge is 2.17.